The largest absolute Gasteiger partial charge is 1.00 e. The van der Waals surface area contributed by atoms with E-state index in [1.54, 1.807) is 204 Å². The van der Waals surface area contributed by atoms with E-state index < -0.39 is 40.9 Å². The second-order valence-corrected chi connectivity index (χ2v) is 34.4. The molecule has 0 unspecified atom stereocenters. The summed E-state index contributed by atoms with van der Waals surface area (Å²) in [4.78, 5) is 124. The van der Waals surface area contributed by atoms with Gasteiger partial charge in [-0.2, -0.15) is 0 Å². The minimum absolute atomic E-state index is 0. The van der Waals surface area contributed by atoms with Crippen molar-refractivity contribution in [3.05, 3.63) is 361 Å². The Morgan fingerprint density at radius 2 is 0.735 bits per heavy atom. The van der Waals surface area contributed by atoms with Crippen LogP contribution in [0.25, 0.3) is 0 Å². The zero-order valence-electron chi connectivity index (χ0n) is 74.6. The van der Waals surface area contributed by atoms with Gasteiger partial charge >= 0.3 is 99.1 Å². The molecule has 0 amide bonds. The summed E-state index contributed by atoms with van der Waals surface area (Å²) in [5, 5.41) is 35.3. The number of carbonyl (C=O) groups excluding carboxylic acids is 8. The van der Waals surface area contributed by atoms with Gasteiger partial charge in [0.25, 0.3) is 8.49 Å². The quantitative estimate of drug-likeness (QED) is 0.0107. The number of aryl methyl sites for hydroxylation is 1. The van der Waals surface area contributed by atoms with Crippen LogP contribution in [0.15, 0.2) is 261 Å². The molecule has 0 aromatic heterocycles. The van der Waals surface area contributed by atoms with Crippen molar-refractivity contribution in [2.24, 2.45) is 0 Å². The molecule has 0 bridgehead atoms. The summed E-state index contributed by atoms with van der Waals surface area (Å²) in [5.41, 5.74) is 12.1. The van der Waals surface area contributed by atoms with Gasteiger partial charge in [0, 0.05) is 66.5 Å². The number of fused-ring (bicyclic) bond motifs is 2. The number of phenolic OH excluding ortho intramolecular Hbond substituents is 1. The number of halogens is 9. The minimum Gasteiger partial charge on any atom is -0.870 e. The van der Waals surface area contributed by atoms with Crippen LogP contribution in [0.5, 0.6) is 28.7 Å². The number of carboxylic acid groups (broad SMARTS) is 3. The van der Waals surface area contributed by atoms with Crippen LogP contribution in [0.1, 0.15) is 164 Å². The van der Waals surface area contributed by atoms with Crippen molar-refractivity contribution in [1.82, 2.24) is 0 Å². The average Bonchev–Trinajstić information content (AvgIpc) is 1.62. The maximum atomic E-state index is 12.5. The van der Waals surface area contributed by atoms with Gasteiger partial charge in [0.15, 0.2) is 5.78 Å². The second-order valence-electron chi connectivity index (χ2n) is 27.1. The van der Waals surface area contributed by atoms with E-state index in [2.05, 4.69) is 37.3 Å². The van der Waals surface area contributed by atoms with Crippen LogP contribution >= 0.6 is 107 Å². The third-order valence-corrected chi connectivity index (χ3v) is 18.4. The summed E-state index contributed by atoms with van der Waals surface area (Å²) in [6, 6.07) is 75.3. The first-order valence-corrected chi connectivity index (χ1v) is 46.7. The fraction of sp³-hybridized carbons (Fsp3) is 0.222. The van der Waals surface area contributed by atoms with E-state index in [1.165, 1.54) is 6.07 Å². The number of phenols is 1. The zero-order valence-corrected chi connectivity index (χ0v) is 86.1. The normalized spacial score (nSPS) is 10.3. The summed E-state index contributed by atoms with van der Waals surface area (Å²) in [6.07, 6.45) is 0.531. The average molecular weight is 2140 g/mol. The molecule has 37 heteroatoms. The van der Waals surface area contributed by atoms with E-state index in [1.807, 2.05) is 91.9 Å². The van der Waals surface area contributed by atoms with Crippen LogP contribution in [-0.2, 0) is 121 Å². The molecule has 0 radical (unpaired) electrons. The number of aromatic hydroxyl groups is 1. The molecule has 0 saturated heterocycles. The van der Waals surface area contributed by atoms with E-state index in [0.29, 0.717) is 118 Å². The molecule has 1 aliphatic heterocycles. The molecule has 26 nitrogen and oxygen atoms in total. The van der Waals surface area contributed by atoms with Crippen LogP contribution in [-0.4, -0.2) is 130 Å². The molecule has 1 heterocycles. The molecular weight excluding hydrogens is 2040 g/mol. The maximum Gasteiger partial charge on any atom is 1.00 e. The number of rotatable bonds is 30. The van der Waals surface area contributed by atoms with Crippen LogP contribution < -0.4 is 70.3 Å². The maximum absolute atomic E-state index is 12.5. The first kappa shape index (κ1) is 122. The molecule has 718 valence electrons. The summed E-state index contributed by atoms with van der Waals surface area (Å²) >= 11 is 33.5. The van der Waals surface area contributed by atoms with E-state index in [9.17, 15) is 52.7 Å². The molecule has 1 aliphatic rings. The van der Waals surface area contributed by atoms with Gasteiger partial charge in [0.2, 0.25) is 14.5 Å². The fourth-order valence-electron chi connectivity index (χ4n) is 11.4. The molecule has 11 aromatic carbocycles. The third-order valence-electron chi connectivity index (χ3n) is 17.5. The number of carboxylic acids is 3. The molecule has 11 aromatic rings. The number of benzene rings is 11. The minimum atomic E-state index is -1.67. The summed E-state index contributed by atoms with van der Waals surface area (Å²) in [6.45, 7) is 13.7. The summed E-state index contributed by atoms with van der Waals surface area (Å²) in [7, 11) is 7.36. The smallest absolute Gasteiger partial charge is 0.870 e. The van der Waals surface area contributed by atoms with E-state index in [-0.39, 0.29) is 156 Å². The SMILES string of the molecule is CCOC(=O)Cc1ccc(O)cc1.CCOC(=O)Cc1ccc(OCc2ccccc2C(=O)OCC)cc1.CCOC(=O)c1ccccc1C.CCOC(=O)c1ccccc1CBr.ClC(Cl)(Cl)Cl.O=C(Cl)Cc1ccc(OCc2ccccc2C(=O)Cl)cc1.O=C(O)Cc1ccc(OCc2ccccc2C(=O)O)cc1.O=C(O)Cc1ccc2c(c1)C(=O)c1ccccc1CO2.O=S(Cl)Cl.[K+].[OH-]. The molecule has 0 atom stereocenters. The number of alkyl halides is 5. The molecule has 0 spiro atoms. The Morgan fingerprint density at radius 1 is 0.412 bits per heavy atom. The van der Waals surface area contributed by atoms with Gasteiger partial charge in [-0.25, -0.2) is 23.4 Å². The first-order valence-electron chi connectivity index (χ1n) is 40.5. The zero-order chi connectivity index (χ0) is 99.1. The fourth-order valence-corrected chi connectivity index (χ4v) is 12.3. The summed E-state index contributed by atoms with van der Waals surface area (Å²) in [5.74, 6) is -1.72. The predicted molar refractivity (Wildman–Crippen MR) is 522 cm³/mol. The number of ketones is 1. The Balaban J connectivity index is 0.000000533. The number of carbonyl (C=O) groups is 11. The molecule has 5 N–H and O–H groups in total. The van der Waals surface area contributed by atoms with Gasteiger partial charge in [-0.1, -0.05) is 232 Å². The van der Waals surface area contributed by atoms with Crippen molar-refractivity contribution in [2.75, 3.05) is 33.0 Å². The van der Waals surface area contributed by atoms with Gasteiger partial charge in [0.1, 0.15) is 55.2 Å². The van der Waals surface area contributed by atoms with Gasteiger partial charge in [-0.3, -0.25) is 33.6 Å². The van der Waals surface area contributed by atoms with Crippen molar-refractivity contribution < 1.29 is 177 Å². The Kier molecular flexibility index (Phi) is 60.8. The Morgan fingerprint density at radius 3 is 1.13 bits per heavy atom. The topological polar surface area (TPSA) is 399 Å². The van der Waals surface area contributed by atoms with Gasteiger partial charge in [0.05, 0.1) is 86.5 Å². The number of ether oxygens (including phenoxy) is 9. The number of aromatic carboxylic acids is 1. The van der Waals surface area contributed by atoms with Crippen molar-refractivity contribution in [3.63, 3.8) is 0 Å². The van der Waals surface area contributed by atoms with E-state index in [0.717, 1.165) is 44.5 Å². The predicted octanol–water partition coefficient (Wildman–Crippen LogP) is 19.4. The monoisotopic (exact) mass is 2130 g/mol. The number of hydrogen-bond acceptors (Lipinski definition) is 23. The van der Waals surface area contributed by atoms with E-state index in [4.69, 9.17) is 137 Å². The molecule has 0 aliphatic carbocycles. The van der Waals surface area contributed by atoms with Gasteiger partial charge in [-0.15, -0.1) is 0 Å². The van der Waals surface area contributed by atoms with Crippen LogP contribution in [0, 0.1) is 6.92 Å². The standard InChI is InChI=1S/C20H22O5.C16H12Cl2O3.C16H14O5.C16H12O4.C10H11BrO2.C10H12O3.C10H12O2.CCl4.Cl2OS.K.H2O/c1-3-23-19(21)13-15-9-11-17(12-10-15)25-14-16-7-5-6-8-18(16)20(22)24-4-2;17-15(19)9-11-5-7-13(8-6-11)21-10-12-3-1-2-4-14(12)16(18)20;17-15(18)9-11-5-7-13(8-6-11)21-10-12-3-1-2-4-14(12)16(19)20;17-15(18)8-10-5-6-14-13(7-10)16(19)12-4-2-1-3-11(12)9-20-14;1-2-13-10(12)9-6-4-3-5-8(9)7-11;1-2-13-10(12)7-8-3-5-9(11)6-4-8;1-3-12-10(11)9-7-5-4-6-8(9)2;2-1(3,4)5;1-4(2)3;;/h5-12H,3-4,13-14H2,1-2H3;1-8H,9-10H2;1-8H,9-10H2,(H,17,18)(H,19,20);1-7H,8-9H2,(H,17,18);3-6H,2,7H2,1H3;3-6,11H,2,7H2,1H3;4-7H,3H2,1-2H3;;;;1H2/q;;;;;;;;;+1;/p-1. The molecule has 12 rings (SSSR count). The van der Waals surface area contributed by atoms with Crippen LogP contribution in [0.2, 0.25) is 0 Å². The van der Waals surface area contributed by atoms with Gasteiger partial charge < -0.3 is 68.5 Å². The molecular formula is C99H96BrCl8KO26S. The van der Waals surface area contributed by atoms with Crippen LogP contribution in [0.4, 0.5) is 0 Å². The number of esters is 5. The second kappa shape index (κ2) is 67.9. The Hall–Kier alpha value is -10.3. The molecule has 136 heavy (non-hydrogen) atoms. The first-order chi connectivity index (χ1) is 63.9. The number of aliphatic carboxylic acids is 2. The van der Waals surface area contributed by atoms with Crippen molar-refractivity contribution in [1.29, 1.82) is 0 Å². The third kappa shape index (κ3) is 49.7. The van der Waals surface area contributed by atoms with Gasteiger partial charge in [-0.05, 0) is 195 Å². The summed E-state index contributed by atoms with van der Waals surface area (Å²) < 4.78 is 54.5. The molecule has 0 fully saturated rings. The van der Waals surface area contributed by atoms with Crippen molar-refractivity contribution in [2.45, 2.75) is 109 Å². The van der Waals surface area contributed by atoms with Crippen molar-refractivity contribution >= 4 is 180 Å². The Labute approximate surface area is 879 Å². The van der Waals surface area contributed by atoms with Crippen molar-refractivity contribution in [3.8, 4) is 28.7 Å². The number of hydrogen-bond donors (Lipinski definition) is 4. The Bertz CT molecular complexity index is 5530. The molecule has 0 saturated carbocycles. The van der Waals surface area contributed by atoms with E-state index >= 15 is 0 Å². The van der Waals surface area contributed by atoms with Crippen LogP contribution in [0.3, 0.4) is 0 Å².